The lowest BCUT2D eigenvalue weighted by Crippen LogP contribution is -2.58. The fourth-order valence-electron chi connectivity index (χ4n) is 4.26. The highest BCUT2D eigenvalue weighted by atomic mass is 16.4. The highest BCUT2D eigenvalue weighted by Gasteiger charge is 2.43. The zero-order chi connectivity index (χ0) is 15.6. The van der Waals surface area contributed by atoms with E-state index in [9.17, 15) is 14.7 Å². The molecule has 2 amide bonds. The molecule has 4 unspecified atom stereocenters. The summed E-state index contributed by atoms with van der Waals surface area (Å²) >= 11 is 0. The van der Waals surface area contributed by atoms with Gasteiger partial charge in [-0.3, -0.25) is 0 Å². The number of urea groups is 1. The first kappa shape index (κ1) is 16.1. The summed E-state index contributed by atoms with van der Waals surface area (Å²) in [4.78, 5) is 23.6. The lowest BCUT2D eigenvalue weighted by molar-refractivity contribution is -0.144. The van der Waals surface area contributed by atoms with Crippen LogP contribution in [0.2, 0.25) is 0 Å². The van der Waals surface area contributed by atoms with Crippen LogP contribution >= 0.6 is 0 Å². The Bertz CT molecular complexity index is 406. The maximum Gasteiger partial charge on any atom is 0.329 e. The molecule has 2 aliphatic rings. The molecule has 4 atom stereocenters. The Balaban J connectivity index is 1.90. The molecule has 0 saturated heterocycles. The average molecular weight is 296 g/mol. The summed E-state index contributed by atoms with van der Waals surface area (Å²) in [5.74, 6) is 1.18. The SMILES string of the molecule is CCC(CC)(NC(=O)NC(C)C1CC2CCC1C2)C(=O)O. The van der Waals surface area contributed by atoms with Crippen molar-refractivity contribution in [2.45, 2.75) is 70.9 Å². The van der Waals surface area contributed by atoms with Gasteiger partial charge in [0.15, 0.2) is 0 Å². The maximum atomic E-state index is 12.2. The van der Waals surface area contributed by atoms with E-state index in [4.69, 9.17) is 0 Å². The van der Waals surface area contributed by atoms with Gasteiger partial charge in [0.1, 0.15) is 5.54 Å². The van der Waals surface area contributed by atoms with E-state index in [-0.39, 0.29) is 12.1 Å². The van der Waals surface area contributed by atoms with Crippen molar-refractivity contribution in [2.24, 2.45) is 17.8 Å². The Morgan fingerprint density at radius 1 is 1.24 bits per heavy atom. The molecule has 5 heteroatoms. The van der Waals surface area contributed by atoms with Crippen LogP contribution in [0.1, 0.15) is 59.3 Å². The molecule has 2 rings (SSSR count). The zero-order valence-electron chi connectivity index (χ0n) is 13.3. The van der Waals surface area contributed by atoms with Gasteiger partial charge >= 0.3 is 12.0 Å². The van der Waals surface area contributed by atoms with Gasteiger partial charge in [-0.2, -0.15) is 0 Å². The van der Waals surface area contributed by atoms with Crippen LogP contribution in [0.15, 0.2) is 0 Å². The third-order valence-corrected chi connectivity index (χ3v) is 5.76. The number of rotatable bonds is 6. The number of carboxylic acids is 1. The molecular weight excluding hydrogens is 268 g/mol. The fraction of sp³-hybridized carbons (Fsp3) is 0.875. The molecule has 0 aromatic rings. The van der Waals surface area contributed by atoms with Gasteiger partial charge in [-0.15, -0.1) is 0 Å². The summed E-state index contributed by atoms with van der Waals surface area (Å²) in [6.45, 7) is 5.62. The summed E-state index contributed by atoms with van der Waals surface area (Å²) in [7, 11) is 0. The standard InChI is InChI=1S/C16H28N2O3/c1-4-16(5-2,14(19)20)18-15(21)17-10(3)13-9-11-6-7-12(13)8-11/h10-13H,4-9H2,1-3H3,(H,19,20)(H2,17,18,21). The second-order valence-electron chi connectivity index (χ2n) is 6.82. The summed E-state index contributed by atoms with van der Waals surface area (Å²) < 4.78 is 0. The van der Waals surface area contributed by atoms with Gasteiger partial charge in [0.05, 0.1) is 0 Å². The van der Waals surface area contributed by atoms with Crippen molar-refractivity contribution in [3.63, 3.8) is 0 Å². The molecule has 0 spiro atoms. The fourth-order valence-corrected chi connectivity index (χ4v) is 4.26. The third-order valence-electron chi connectivity index (χ3n) is 5.76. The molecule has 0 heterocycles. The van der Waals surface area contributed by atoms with E-state index in [1.54, 1.807) is 13.8 Å². The molecule has 0 aromatic carbocycles. The van der Waals surface area contributed by atoms with Crippen molar-refractivity contribution in [1.29, 1.82) is 0 Å². The molecule has 21 heavy (non-hydrogen) atoms. The number of amides is 2. The van der Waals surface area contributed by atoms with Crippen molar-refractivity contribution in [1.82, 2.24) is 10.6 Å². The monoisotopic (exact) mass is 296 g/mol. The lowest BCUT2D eigenvalue weighted by Gasteiger charge is -2.32. The number of aliphatic carboxylic acids is 1. The van der Waals surface area contributed by atoms with Gasteiger partial charge in [0.2, 0.25) is 0 Å². The van der Waals surface area contributed by atoms with E-state index in [0.29, 0.717) is 18.8 Å². The van der Waals surface area contributed by atoms with Crippen molar-refractivity contribution in [2.75, 3.05) is 0 Å². The maximum absolute atomic E-state index is 12.2. The van der Waals surface area contributed by atoms with Gasteiger partial charge in [0, 0.05) is 6.04 Å². The number of carboxylic acid groups (broad SMARTS) is 1. The largest absolute Gasteiger partial charge is 0.480 e. The van der Waals surface area contributed by atoms with E-state index < -0.39 is 11.5 Å². The first-order valence-corrected chi connectivity index (χ1v) is 8.24. The molecule has 5 nitrogen and oxygen atoms in total. The van der Waals surface area contributed by atoms with E-state index in [0.717, 1.165) is 11.8 Å². The number of carbonyl (C=O) groups excluding carboxylic acids is 1. The van der Waals surface area contributed by atoms with Crippen LogP contribution in [0.5, 0.6) is 0 Å². The van der Waals surface area contributed by atoms with Crippen LogP contribution in [0.4, 0.5) is 4.79 Å². The number of hydrogen-bond acceptors (Lipinski definition) is 2. The second-order valence-corrected chi connectivity index (χ2v) is 6.82. The van der Waals surface area contributed by atoms with E-state index >= 15 is 0 Å². The highest BCUT2D eigenvalue weighted by molar-refractivity contribution is 5.86. The summed E-state index contributed by atoms with van der Waals surface area (Å²) in [6, 6.07) is -0.239. The normalized spacial score (nSPS) is 29.2. The Labute approximate surface area is 126 Å². The first-order chi connectivity index (χ1) is 9.91. The summed E-state index contributed by atoms with van der Waals surface area (Å²) in [5, 5.41) is 15.0. The molecule has 2 fully saturated rings. The Hall–Kier alpha value is -1.26. The first-order valence-electron chi connectivity index (χ1n) is 8.24. The van der Waals surface area contributed by atoms with E-state index in [1.165, 1.54) is 25.7 Å². The summed E-state index contributed by atoms with van der Waals surface area (Å²) in [5.41, 5.74) is -1.15. The van der Waals surface area contributed by atoms with Crippen LogP contribution in [-0.4, -0.2) is 28.7 Å². The molecule has 3 N–H and O–H groups in total. The average Bonchev–Trinajstić information content (AvgIpc) is 3.07. The molecule has 2 bridgehead atoms. The van der Waals surface area contributed by atoms with Crippen molar-refractivity contribution in [3.8, 4) is 0 Å². The van der Waals surface area contributed by atoms with E-state index in [2.05, 4.69) is 10.6 Å². The number of hydrogen-bond donors (Lipinski definition) is 3. The summed E-state index contributed by atoms with van der Waals surface area (Å²) in [6.07, 6.45) is 5.91. The predicted octanol–water partition coefficient (Wildman–Crippen LogP) is 2.75. The van der Waals surface area contributed by atoms with Crippen molar-refractivity contribution >= 4 is 12.0 Å². The van der Waals surface area contributed by atoms with Crippen molar-refractivity contribution < 1.29 is 14.7 Å². The van der Waals surface area contributed by atoms with Gasteiger partial charge in [0.25, 0.3) is 0 Å². The van der Waals surface area contributed by atoms with Gasteiger partial charge in [-0.25, -0.2) is 9.59 Å². The number of fused-ring (bicyclic) bond motifs is 2. The van der Waals surface area contributed by atoms with E-state index in [1.807, 2.05) is 6.92 Å². The predicted molar refractivity (Wildman–Crippen MR) is 81.0 cm³/mol. The molecule has 0 aliphatic heterocycles. The molecule has 0 radical (unpaired) electrons. The molecule has 0 aromatic heterocycles. The van der Waals surface area contributed by atoms with Gasteiger partial charge < -0.3 is 15.7 Å². The number of nitrogens with one attached hydrogen (secondary N) is 2. The smallest absolute Gasteiger partial charge is 0.329 e. The molecule has 2 aliphatic carbocycles. The van der Waals surface area contributed by atoms with Crippen LogP contribution in [0.3, 0.4) is 0 Å². The minimum atomic E-state index is -1.15. The number of carbonyl (C=O) groups is 2. The lowest BCUT2D eigenvalue weighted by atomic mass is 9.84. The Morgan fingerprint density at radius 3 is 2.33 bits per heavy atom. The van der Waals surface area contributed by atoms with Crippen LogP contribution in [-0.2, 0) is 4.79 Å². The van der Waals surface area contributed by atoms with Gasteiger partial charge in [-0.1, -0.05) is 20.3 Å². The molecule has 120 valence electrons. The zero-order valence-corrected chi connectivity index (χ0v) is 13.3. The van der Waals surface area contributed by atoms with Crippen molar-refractivity contribution in [3.05, 3.63) is 0 Å². The third kappa shape index (κ3) is 3.16. The highest BCUT2D eigenvalue weighted by Crippen LogP contribution is 2.49. The Morgan fingerprint density at radius 2 is 1.90 bits per heavy atom. The Kier molecular flexibility index (Phi) is 4.79. The minimum absolute atomic E-state index is 0.112. The van der Waals surface area contributed by atoms with Gasteiger partial charge in [-0.05, 0) is 56.8 Å². The van der Waals surface area contributed by atoms with Crippen LogP contribution < -0.4 is 10.6 Å². The molecular formula is C16H28N2O3. The van der Waals surface area contributed by atoms with Crippen LogP contribution in [0.25, 0.3) is 0 Å². The molecule has 2 saturated carbocycles. The topological polar surface area (TPSA) is 78.4 Å². The minimum Gasteiger partial charge on any atom is -0.480 e. The van der Waals surface area contributed by atoms with Crippen LogP contribution in [0, 0.1) is 17.8 Å². The second kappa shape index (κ2) is 6.24. The quantitative estimate of drug-likeness (QED) is 0.705.